The molecule has 0 unspecified atom stereocenters. The molecule has 4 aromatic rings. The fourth-order valence-electron chi connectivity index (χ4n) is 3.41. The largest absolute Gasteiger partial charge is 0.433 e. The van der Waals surface area contributed by atoms with Gasteiger partial charge in [-0.3, -0.25) is 5.32 Å². The molecule has 0 saturated carbocycles. The third kappa shape index (κ3) is 6.20. The first-order valence-corrected chi connectivity index (χ1v) is 12.0. The summed E-state index contributed by atoms with van der Waals surface area (Å²) in [5, 5.41) is 10.9. The number of rotatable bonds is 5. The third-order valence-corrected chi connectivity index (χ3v) is 5.72. The molecule has 9 nitrogen and oxygen atoms in total. The van der Waals surface area contributed by atoms with Crippen molar-refractivity contribution < 1.29 is 44.3 Å². The number of sulfonamides is 1. The number of anilines is 1. The van der Waals surface area contributed by atoms with Gasteiger partial charge in [0.25, 0.3) is 0 Å². The Morgan fingerprint density at radius 1 is 1.00 bits per heavy atom. The van der Waals surface area contributed by atoms with Gasteiger partial charge in [-0.2, -0.15) is 31.4 Å². The lowest BCUT2D eigenvalue weighted by atomic mass is 10.1. The van der Waals surface area contributed by atoms with Crippen LogP contribution in [0.2, 0.25) is 0 Å². The SMILES string of the molecule is NS(=O)(=O)Cc1cccc(NC(=O)Oc2cnn3c(C(F)(F)F)cc(-c4ccc(C(F)(F)F)cc4)nc23)c1. The molecule has 0 aliphatic carbocycles. The molecule has 0 fully saturated rings. The molecule has 0 aliphatic rings. The predicted molar refractivity (Wildman–Crippen MR) is 121 cm³/mol. The van der Waals surface area contributed by atoms with Crippen molar-refractivity contribution in [3.63, 3.8) is 0 Å². The number of halogens is 6. The van der Waals surface area contributed by atoms with E-state index in [9.17, 15) is 39.6 Å². The van der Waals surface area contributed by atoms with Crippen molar-refractivity contribution >= 4 is 27.5 Å². The predicted octanol–water partition coefficient (Wildman–Crippen LogP) is 4.83. The van der Waals surface area contributed by atoms with Gasteiger partial charge in [-0.25, -0.2) is 27.9 Å². The Bertz CT molecular complexity index is 1620. The third-order valence-electron chi connectivity index (χ3n) is 4.98. The zero-order valence-electron chi connectivity index (χ0n) is 18.7. The van der Waals surface area contributed by atoms with E-state index in [0.29, 0.717) is 22.7 Å². The average Bonchev–Trinajstić information content (AvgIpc) is 3.18. The maximum Gasteiger partial charge on any atom is 0.433 e. The van der Waals surface area contributed by atoms with Crippen LogP contribution in [0.5, 0.6) is 5.75 Å². The number of nitrogens with one attached hydrogen (secondary N) is 1. The Morgan fingerprint density at radius 2 is 1.68 bits per heavy atom. The van der Waals surface area contributed by atoms with Gasteiger partial charge < -0.3 is 4.74 Å². The number of carbonyl (C=O) groups is 1. The minimum absolute atomic E-state index is 0.0609. The quantitative estimate of drug-likeness (QED) is 0.337. The number of carbonyl (C=O) groups excluding carboxylic acids is 1. The number of ether oxygens (including phenoxy) is 1. The molecule has 0 aliphatic heterocycles. The molecular weight excluding hydrogens is 544 g/mol. The van der Waals surface area contributed by atoms with Crippen molar-refractivity contribution in [2.24, 2.45) is 5.14 Å². The van der Waals surface area contributed by atoms with Gasteiger partial charge in [-0.1, -0.05) is 24.3 Å². The zero-order chi connectivity index (χ0) is 27.9. The van der Waals surface area contributed by atoms with E-state index in [1.807, 2.05) is 0 Å². The van der Waals surface area contributed by atoms with E-state index in [1.54, 1.807) is 0 Å². The van der Waals surface area contributed by atoms with Crippen molar-refractivity contribution in [1.29, 1.82) is 0 Å². The van der Waals surface area contributed by atoms with Crippen LogP contribution in [0.4, 0.5) is 36.8 Å². The minimum Gasteiger partial charge on any atom is -0.404 e. The molecule has 0 atom stereocenters. The number of benzene rings is 2. The van der Waals surface area contributed by atoms with Gasteiger partial charge in [0.15, 0.2) is 17.1 Å². The molecule has 0 bridgehead atoms. The molecule has 38 heavy (non-hydrogen) atoms. The summed E-state index contributed by atoms with van der Waals surface area (Å²) in [5.41, 5.74) is -2.91. The van der Waals surface area contributed by atoms with Gasteiger partial charge in [-0.05, 0) is 35.9 Å². The molecule has 0 spiro atoms. The van der Waals surface area contributed by atoms with E-state index in [4.69, 9.17) is 9.88 Å². The summed E-state index contributed by atoms with van der Waals surface area (Å²) < 4.78 is 108. The van der Waals surface area contributed by atoms with E-state index in [-0.39, 0.29) is 22.5 Å². The molecule has 4 rings (SSSR count). The van der Waals surface area contributed by atoms with E-state index >= 15 is 0 Å². The first-order chi connectivity index (χ1) is 17.6. The van der Waals surface area contributed by atoms with E-state index in [0.717, 1.165) is 18.3 Å². The average molecular weight is 559 g/mol. The van der Waals surface area contributed by atoms with Crippen molar-refractivity contribution in [2.75, 3.05) is 5.32 Å². The number of primary sulfonamides is 1. The van der Waals surface area contributed by atoms with Crippen LogP contribution in [-0.4, -0.2) is 29.1 Å². The van der Waals surface area contributed by atoms with Crippen LogP contribution in [0, 0.1) is 0 Å². The Balaban J connectivity index is 1.67. The van der Waals surface area contributed by atoms with Crippen LogP contribution in [-0.2, 0) is 28.1 Å². The Labute approximate surface area is 209 Å². The van der Waals surface area contributed by atoms with Gasteiger partial charge in [0.05, 0.1) is 23.2 Å². The highest BCUT2D eigenvalue weighted by molar-refractivity contribution is 7.88. The van der Waals surface area contributed by atoms with Gasteiger partial charge >= 0.3 is 18.4 Å². The number of alkyl halides is 6. The minimum atomic E-state index is -4.95. The zero-order valence-corrected chi connectivity index (χ0v) is 19.5. The highest BCUT2D eigenvalue weighted by atomic mass is 32.2. The second-order valence-corrected chi connectivity index (χ2v) is 9.48. The van der Waals surface area contributed by atoms with Gasteiger partial charge in [0.1, 0.15) is 0 Å². The summed E-state index contributed by atoms with van der Waals surface area (Å²) in [5.74, 6) is -0.995. The van der Waals surface area contributed by atoms with Gasteiger partial charge in [-0.15, -0.1) is 0 Å². The molecule has 3 N–H and O–H groups in total. The molecule has 0 saturated heterocycles. The maximum atomic E-state index is 13.7. The van der Waals surface area contributed by atoms with Gasteiger partial charge in [0, 0.05) is 11.3 Å². The van der Waals surface area contributed by atoms with Crippen LogP contribution in [0.3, 0.4) is 0 Å². The first-order valence-electron chi connectivity index (χ1n) is 10.3. The molecule has 2 aromatic carbocycles. The second-order valence-electron chi connectivity index (χ2n) is 7.87. The molecule has 16 heteroatoms. The number of amides is 1. The molecular formula is C22H15F6N5O4S. The van der Waals surface area contributed by atoms with Crippen LogP contribution >= 0.6 is 0 Å². The molecule has 2 aromatic heterocycles. The lowest BCUT2D eigenvalue weighted by Crippen LogP contribution is -2.18. The monoisotopic (exact) mass is 559 g/mol. The molecule has 200 valence electrons. The standard InChI is InChI=1S/C22H15F6N5O4S/c23-21(24,25)14-6-4-13(5-7-14)16-9-18(22(26,27)28)33-19(32-16)17(10-30-33)37-20(34)31-15-3-1-2-12(8-15)11-38(29,35)36/h1-10H,11H2,(H,31,34)(H2,29,35,36). The Hall–Kier alpha value is -4.18. The molecule has 2 heterocycles. The van der Waals surface area contributed by atoms with Crippen LogP contribution in [0.25, 0.3) is 16.9 Å². The summed E-state index contributed by atoms with van der Waals surface area (Å²) in [6, 6.07) is 9.47. The number of nitrogens with two attached hydrogens (primary N) is 1. The van der Waals surface area contributed by atoms with Crippen LogP contribution in [0.1, 0.15) is 16.8 Å². The van der Waals surface area contributed by atoms with Crippen LogP contribution in [0.15, 0.2) is 60.8 Å². The van der Waals surface area contributed by atoms with E-state index < -0.39 is 56.9 Å². The summed E-state index contributed by atoms with van der Waals surface area (Å²) in [6.45, 7) is 0. The molecule has 1 amide bonds. The summed E-state index contributed by atoms with van der Waals surface area (Å²) in [7, 11) is -3.85. The van der Waals surface area contributed by atoms with Gasteiger partial charge in [0.2, 0.25) is 10.0 Å². The lowest BCUT2D eigenvalue weighted by Gasteiger charge is -2.12. The number of hydrogen-bond acceptors (Lipinski definition) is 6. The lowest BCUT2D eigenvalue weighted by molar-refractivity contribution is -0.142. The Morgan fingerprint density at radius 3 is 2.29 bits per heavy atom. The highest BCUT2D eigenvalue weighted by Crippen LogP contribution is 2.35. The van der Waals surface area contributed by atoms with Crippen molar-refractivity contribution in [3.05, 3.63) is 77.6 Å². The fourth-order valence-corrected chi connectivity index (χ4v) is 4.05. The molecule has 0 radical (unpaired) electrons. The fraction of sp³-hybridized carbons (Fsp3) is 0.136. The number of hydrogen-bond donors (Lipinski definition) is 2. The van der Waals surface area contributed by atoms with Crippen molar-refractivity contribution in [1.82, 2.24) is 14.6 Å². The smallest absolute Gasteiger partial charge is 0.404 e. The number of aromatic nitrogens is 3. The summed E-state index contributed by atoms with van der Waals surface area (Å²) in [4.78, 5) is 16.4. The maximum absolute atomic E-state index is 13.7. The second kappa shape index (κ2) is 9.60. The van der Waals surface area contributed by atoms with E-state index in [2.05, 4.69) is 15.4 Å². The van der Waals surface area contributed by atoms with Crippen molar-refractivity contribution in [2.45, 2.75) is 18.1 Å². The van der Waals surface area contributed by atoms with E-state index in [1.165, 1.54) is 24.3 Å². The summed E-state index contributed by atoms with van der Waals surface area (Å²) in [6.07, 6.45) is -9.95. The topological polar surface area (TPSA) is 129 Å². The first kappa shape index (κ1) is 26.9. The van der Waals surface area contributed by atoms with Crippen molar-refractivity contribution in [3.8, 4) is 17.0 Å². The van der Waals surface area contributed by atoms with Crippen LogP contribution < -0.4 is 15.2 Å². The Kier molecular flexibility index (Phi) is 6.79. The number of fused-ring (bicyclic) bond motifs is 1. The highest BCUT2D eigenvalue weighted by Gasteiger charge is 2.36. The number of nitrogens with zero attached hydrogens (tertiary/aromatic N) is 3. The summed E-state index contributed by atoms with van der Waals surface area (Å²) >= 11 is 0. The normalized spacial score (nSPS) is 12.5.